The third-order valence-electron chi connectivity index (χ3n) is 7.01. The smallest absolute Gasteiger partial charge is 0.333 e. The normalized spacial score (nSPS) is 13.0. The van der Waals surface area contributed by atoms with E-state index in [9.17, 15) is 24.0 Å². The van der Waals surface area contributed by atoms with Crippen LogP contribution in [0.15, 0.2) is 105 Å². The first-order valence-corrected chi connectivity index (χ1v) is 20.7. The molecule has 0 aromatic heterocycles. The number of hydrogen-bond acceptors (Lipinski definition) is 13. The van der Waals surface area contributed by atoms with Crippen molar-refractivity contribution in [3.05, 3.63) is 116 Å². The van der Waals surface area contributed by atoms with Gasteiger partial charge in [0.25, 0.3) is 0 Å². The van der Waals surface area contributed by atoms with E-state index >= 15 is 0 Å². The first-order chi connectivity index (χ1) is 29.8. The molecule has 14 nitrogen and oxygen atoms in total. The average Bonchev–Trinajstić information content (AvgIpc) is 4.23. The molecule has 1 N–H and O–H groups in total. The molecule has 2 unspecified atom stereocenters. The number of likely N-dealkylation sites (N-methyl/N-ethyl adjacent to an activating group) is 1. The van der Waals surface area contributed by atoms with Crippen molar-refractivity contribution in [2.75, 3.05) is 80.5 Å². The third-order valence-corrected chi connectivity index (χ3v) is 7.01. The van der Waals surface area contributed by atoms with Gasteiger partial charge in [0.15, 0.2) is 0 Å². The zero-order valence-electron chi connectivity index (χ0n) is 39.8. The molecule has 0 aliphatic carbocycles. The maximum atomic E-state index is 10.7. The molecule has 3 rings (SSSR count). The molecule has 0 saturated carbocycles. The predicted octanol–water partition coefficient (Wildman–Crippen LogP) is 7.60. The van der Waals surface area contributed by atoms with Crippen LogP contribution in [0.5, 0.6) is 0 Å². The van der Waals surface area contributed by atoms with Crippen LogP contribution in [0.4, 0.5) is 0 Å². The van der Waals surface area contributed by atoms with Crippen LogP contribution in [0.25, 0.3) is 6.08 Å². The van der Waals surface area contributed by atoms with Crippen LogP contribution in [-0.4, -0.2) is 127 Å². The van der Waals surface area contributed by atoms with Crippen molar-refractivity contribution < 1.29 is 57.1 Å². The summed E-state index contributed by atoms with van der Waals surface area (Å²) in [6.45, 7) is 40.9. The van der Waals surface area contributed by atoms with Gasteiger partial charge in [-0.3, -0.25) is 4.79 Å². The van der Waals surface area contributed by atoms with E-state index in [2.05, 4.69) is 94.2 Å². The minimum atomic E-state index is -0.359. The second kappa shape index (κ2) is 44.6. The molecule has 0 bridgehead atoms. The fourth-order valence-electron chi connectivity index (χ4n) is 3.11. The van der Waals surface area contributed by atoms with Gasteiger partial charge in [0.1, 0.15) is 25.4 Å². The summed E-state index contributed by atoms with van der Waals surface area (Å²) in [6, 6.07) is 8.45. The number of nitrogens with one attached hydrogen (secondary N) is 1. The second-order valence-corrected chi connectivity index (χ2v) is 13.6. The number of methoxy groups -OCH3 is 1. The number of ether oxygens (including phenoxy) is 7. The number of carbonyl (C=O) groups is 5. The van der Waals surface area contributed by atoms with Gasteiger partial charge in [-0.05, 0) is 71.3 Å². The van der Waals surface area contributed by atoms with Crippen molar-refractivity contribution in [3.8, 4) is 0 Å². The van der Waals surface area contributed by atoms with Crippen LogP contribution in [0.3, 0.4) is 0 Å². The lowest BCUT2D eigenvalue weighted by Crippen LogP contribution is -2.20. The van der Waals surface area contributed by atoms with Crippen LogP contribution in [0.1, 0.15) is 71.9 Å². The molecule has 1 amide bonds. The van der Waals surface area contributed by atoms with Gasteiger partial charge >= 0.3 is 23.9 Å². The Morgan fingerprint density at radius 1 is 0.746 bits per heavy atom. The highest BCUT2D eigenvalue weighted by Crippen LogP contribution is 2.09. The number of amides is 1. The average molecular weight is 887 g/mol. The predicted molar refractivity (Wildman–Crippen MR) is 253 cm³/mol. The highest BCUT2D eigenvalue weighted by Gasteiger charge is 2.24. The molecule has 0 radical (unpaired) electrons. The standard InChI is InChI=1S/C10H12.C8H14O2.C7H13NO2.C7H10O3.C6H11NO.C6H10O2.C5H8O2/c1-3-9-5-7-10(4-2)8-6-9;1-4-5-6-10-8(9)7(2)3;1-4-7(9)10-6-5-8(2)3;1-5(2)7(8)10-4-6-3-9-6;1-3-5-7-6(8)4-2;1-2-3-7-4-6-5-8-6;1-4(2)5(6)7-3/h3,5-8H,1,4H2,2H3;2,4-6H2,1,3H3;4H,1,5-6H2,2-3H3;6H,1,3-4H2,2H3;4H,2-3,5H2,1H3,(H,7,8);2,6H,1,3-5H2;1H2,2-3H3. The summed E-state index contributed by atoms with van der Waals surface area (Å²) in [5.74, 6) is -1.42. The van der Waals surface area contributed by atoms with Crippen LogP contribution in [0, 0.1) is 0 Å². The Morgan fingerprint density at radius 2 is 1.27 bits per heavy atom. The summed E-state index contributed by atoms with van der Waals surface area (Å²) in [5.41, 5.74) is 3.90. The zero-order chi connectivity index (χ0) is 49.0. The van der Waals surface area contributed by atoms with E-state index < -0.39 is 0 Å². The van der Waals surface area contributed by atoms with Gasteiger partial charge in [-0.15, -0.1) is 6.58 Å². The van der Waals surface area contributed by atoms with E-state index in [0.717, 1.165) is 58.1 Å². The number of nitrogens with zero attached hydrogens (tertiary/aromatic N) is 1. The molecule has 1 aromatic carbocycles. The van der Waals surface area contributed by atoms with E-state index in [-0.39, 0.29) is 35.9 Å². The summed E-state index contributed by atoms with van der Waals surface area (Å²) >= 11 is 0. The number of unbranched alkanes of at least 4 members (excludes halogenated alkanes) is 1. The van der Waals surface area contributed by atoms with Crippen molar-refractivity contribution in [2.45, 2.75) is 79.4 Å². The Labute approximate surface area is 378 Å². The minimum Gasteiger partial charge on any atom is -0.466 e. The summed E-state index contributed by atoms with van der Waals surface area (Å²) in [4.78, 5) is 54.3. The summed E-state index contributed by atoms with van der Waals surface area (Å²) in [7, 11) is 5.17. The molecule has 0 spiro atoms. The third kappa shape index (κ3) is 50.8. The SMILES string of the molecule is C=C(C)C(=O)OC.C=C(C)C(=O)OCC1CO1.C=C(C)C(=O)OCCCC.C=CC(=O)NCCC.C=CC(=O)OCCN(C)C.C=CCOCC1CO1.C=Cc1ccc(CC)cc1. The van der Waals surface area contributed by atoms with Crippen molar-refractivity contribution in [2.24, 2.45) is 0 Å². The number of epoxide rings is 2. The molecule has 2 aliphatic rings. The molecule has 356 valence electrons. The summed E-state index contributed by atoms with van der Waals surface area (Å²) < 4.78 is 33.3. The second-order valence-electron chi connectivity index (χ2n) is 13.6. The van der Waals surface area contributed by atoms with Gasteiger partial charge in [0.2, 0.25) is 5.91 Å². The van der Waals surface area contributed by atoms with Gasteiger partial charge in [-0.2, -0.15) is 0 Å². The maximum Gasteiger partial charge on any atom is 0.333 e. The molecule has 2 fully saturated rings. The molecule has 14 heteroatoms. The number of rotatable bonds is 21. The molecule has 2 heterocycles. The topological polar surface area (TPSA) is 172 Å². The molecule has 2 aliphatic heterocycles. The molecular weight excluding hydrogens is 809 g/mol. The van der Waals surface area contributed by atoms with Crippen molar-refractivity contribution >= 4 is 35.9 Å². The Kier molecular flexibility index (Phi) is 45.5. The minimum absolute atomic E-state index is 0.0909. The number of carbonyl (C=O) groups excluding carboxylic acids is 5. The largest absolute Gasteiger partial charge is 0.466 e. The fraction of sp³-hybridized carbons (Fsp3) is 0.490. The lowest BCUT2D eigenvalue weighted by Gasteiger charge is -2.07. The van der Waals surface area contributed by atoms with Crippen LogP contribution in [0.2, 0.25) is 0 Å². The molecule has 63 heavy (non-hydrogen) atoms. The van der Waals surface area contributed by atoms with Gasteiger partial charge in [0.05, 0.1) is 40.1 Å². The zero-order valence-corrected chi connectivity index (χ0v) is 39.8. The highest BCUT2D eigenvalue weighted by atomic mass is 16.6. The lowest BCUT2D eigenvalue weighted by molar-refractivity contribution is -0.140. The number of aryl methyl sites for hydroxylation is 1. The summed E-state index contributed by atoms with van der Waals surface area (Å²) in [6.07, 6.45) is 10.6. The van der Waals surface area contributed by atoms with E-state index in [4.69, 9.17) is 28.4 Å². The molecular formula is C49H78N2O12. The van der Waals surface area contributed by atoms with Crippen LogP contribution < -0.4 is 5.32 Å². The van der Waals surface area contributed by atoms with Gasteiger partial charge in [-0.1, -0.05) is 103 Å². The first kappa shape index (κ1) is 64.2. The fourth-order valence-corrected chi connectivity index (χ4v) is 3.11. The molecule has 2 saturated heterocycles. The van der Waals surface area contributed by atoms with Gasteiger partial charge in [0, 0.05) is 35.9 Å². The van der Waals surface area contributed by atoms with Crippen LogP contribution >= 0.6 is 0 Å². The van der Waals surface area contributed by atoms with Crippen LogP contribution in [-0.2, 0) is 63.6 Å². The first-order valence-electron chi connectivity index (χ1n) is 20.7. The monoisotopic (exact) mass is 887 g/mol. The quantitative estimate of drug-likeness (QED) is 0.0320. The number of benzene rings is 1. The van der Waals surface area contributed by atoms with Gasteiger partial charge in [-0.25, -0.2) is 19.2 Å². The molecule has 2 atom stereocenters. The van der Waals surface area contributed by atoms with E-state index in [1.54, 1.807) is 26.8 Å². The Balaban J connectivity index is -0.000000324. The van der Waals surface area contributed by atoms with E-state index in [0.29, 0.717) is 55.9 Å². The van der Waals surface area contributed by atoms with Crippen molar-refractivity contribution in [1.82, 2.24) is 10.2 Å². The van der Waals surface area contributed by atoms with E-state index in [1.807, 2.05) is 32.0 Å². The van der Waals surface area contributed by atoms with Crippen molar-refractivity contribution in [1.29, 1.82) is 0 Å². The molecule has 1 aromatic rings. The lowest BCUT2D eigenvalue weighted by atomic mass is 10.1. The van der Waals surface area contributed by atoms with E-state index in [1.165, 1.54) is 24.3 Å². The summed E-state index contributed by atoms with van der Waals surface area (Å²) in [5, 5.41) is 2.62. The Hall–Kier alpha value is -5.41. The van der Waals surface area contributed by atoms with Crippen molar-refractivity contribution in [3.63, 3.8) is 0 Å². The Bertz CT molecular complexity index is 1490. The maximum absolute atomic E-state index is 10.7. The Morgan fingerprint density at radius 3 is 1.63 bits per heavy atom. The van der Waals surface area contributed by atoms with Gasteiger partial charge < -0.3 is 43.4 Å². The number of esters is 4. The highest BCUT2D eigenvalue weighted by molar-refractivity contribution is 5.88. The number of hydrogen-bond donors (Lipinski definition) is 1.